The number of amides is 1. The first kappa shape index (κ1) is 18.1. The first-order valence-electron chi connectivity index (χ1n) is 8.53. The summed E-state index contributed by atoms with van der Waals surface area (Å²) >= 11 is 5.89. The maximum atomic E-state index is 13.2. The highest BCUT2D eigenvalue weighted by atomic mass is 35.5. The van der Waals surface area contributed by atoms with E-state index in [2.05, 4.69) is 5.32 Å². The number of carbonyl (C=O) groups excluding carboxylic acids is 1. The predicted molar refractivity (Wildman–Crippen MR) is 105 cm³/mol. The van der Waals surface area contributed by atoms with Crippen LogP contribution < -0.4 is 14.4 Å². The molecular formula is C19H19ClN2O4S. The highest BCUT2D eigenvalue weighted by molar-refractivity contribution is 7.95. The van der Waals surface area contributed by atoms with Crippen molar-refractivity contribution in [1.82, 2.24) is 0 Å². The molecule has 0 aromatic heterocycles. The standard InChI is InChI=1S/C19H19ClN2O4S/c1-12-9-16(26-2)7-8-17(12)21-18(23)19-10-13(19)11-22(27(19,24)25)15-5-3-14(20)4-6-15/h3-9,13H,10-11H2,1-2H3,(H,21,23). The maximum absolute atomic E-state index is 13.2. The molecule has 2 aromatic rings. The Labute approximate surface area is 163 Å². The Morgan fingerprint density at radius 2 is 1.96 bits per heavy atom. The van der Waals surface area contributed by atoms with Gasteiger partial charge in [0, 0.05) is 23.2 Å². The summed E-state index contributed by atoms with van der Waals surface area (Å²) in [5.41, 5.74) is 1.92. The lowest BCUT2D eigenvalue weighted by atomic mass is 10.1. The van der Waals surface area contributed by atoms with Gasteiger partial charge in [0.15, 0.2) is 4.75 Å². The molecule has 27 heavy (non-hydrogen) atoms. The number of aryl methyl sites for hydroxylation is 1. The molecule has 1 saturated carbocycles. The molecule has 2 atom stereocenters. The molecule has 0 spiro atoms. The number of hydrogen-bond acceptors (Lipinski definition) is 4. The molecule has 1 amide bonds. The minimum atomic E-state index is -3.81. The molecule has 0 bridgehead atoms. The van der Waals surface area contributed by atoms with Crippen molar-refractivity contribution >= 4 is 38.9 Å². The van der Waals surface area contributed by atoms with Gasteiger partial charge in [-0.25, -0.2) is 8.42 Å². The Morgan fingerprint density at radius 3 is 2.59 bits per heavy atom. The Morgan fingerprint density at radius 1 is 1.26 bits per heavy atom. The van der Waals surface area contributed by atoms with E-state index in [1.54, 1.807) is 49.6 Å². The molecule has 1 N–H and O–H groups in total. The first-order valence-corrected chi connectivity index (χ1v) is 10.4. The monoisotopic (exact) mass is 406 g/mol. The molecule has 0 radical (unpaired) electrons. The fourth-order valence-corrected chi connectivity index (χ4v) is 6.20. The van der Waals surface area contributed by atoms with Gasteiger partial charge in [0.1, 0.15) is 5.75 Å². The number of anilines is 2. The normalized spacial score (nSPS) is 25.0. The van der Waals surface area contributed by atoms with E-state index in [-0.39, 0.29) is 5.92 Å². The summed E-state index contributed by atoms with van der Waals surface area (Å²) in [7, 11) is -2.24. The number of carbonyl (C=O) groups is 1. The number of rotatable bonds is 4. The zero-order valence-electron chi connectivity index (χ0n) is 14.9. The van der Waals surface area contributed by atoms with Gasteiger partial charge in [0.2, 0.25) is 15.9 Å². The van der Waals surface area contributed by atoms with Crippen LogP contribution in [0.3, 0.4) is 0 Å². The lowest BCUT2D eigenvalue weighted by molar-refractivity contribution is -0.116. The Balaban J connectivity index is 1.61. The maximum Gasteiger partial charge on any atom is 0.250 e. The molecule has 6 nitrogen and oxygen atoms in total. The van der Waals surface area contributed by atoms with Gasteiger partial charge in [0.25, 0.3) is 0 Å². The van der Waals surface area contributed by atoms with Gasteiger partial charge in [-0.15, -0.1) is 0 Å². The number of fused-ring (bicyclic) bond motifs is 1. The zero-order chi connectivity index (χ0) is 19.4. The van der Waals surface area contributed by atoms with E-state index < -0.39 is 20.7 Å². The minimum Gasteiger partial charge on any atom is -0.497 e. The molecule has 4 rings (SSSR count). The summed E-state index contributed by atoms with van der Waals surface area (Å²) in [5, 5.41) is 3.33. The van der Waals surface area contributed by atoms with Crippen LogP contribution in [0, 0.1) is 12.8 Å². The molecule has 1 heterocycles. The average Bonchev–Trinajstić information content (AvgIpc) is 3.33. The summed E-state index contributed by atoms with van der Waals surface area (Å²) in [6.07, 6.45) is 0.348. The van der Waals surface area contributed by atoms with Crippen molar-refractivity contribution in [3.05, 3.63) is 53.1 Å². The summed E-state index contributed by atoms with van der Waals surface area (Å²) in [6, 6.07) is 11.8. The van der Waals surface area contributed by atoms with Crippen LogP contribution in [-0.4, -0.2) is 32.7 Å². The van der Waals surface area contributed by atoms with Crippen LogP contribution in [0.4, 0.5) is 11.4 Å². The molecule has 2 aliphatic rings. The number of benzene rings is 2. The van der Waals surface area contributed by atoms with Gasteiger partial charge in [-0.2, -0.15) is 0 Å². The van der Waals surface area contributed by atoms with E-state index in [1.165, 1.54) is 4.31 Å². The Kier molecular flexibility index (Phi) is 4.12. The van der Waals surface area contributed by atoms with Crippen molar-refractivity contribution in [2.45, 2.75) is 18.1 Å². The summed E-state index contributed by atoms with van der Waals surface area (Å²) in [4.78, 5) is 13.0. The topological polar surface area (TPSA) is 75.7 Å². The number of halogens is 1. The highest BCUT2D eigenvalue weighted by Gasteiger charge is 2.75. The van der Waals surface area contributed by atoms with E-state index >= 15 is 0 Å². The quantitative estimate of drug-likeness (QED) is 0.845. The molecule has 1 saturated heterocycles. The SMILES string of the molecule is COc1ccc(NC(=O)C23CC2CN(c2ccc(Cl)cc2)S3(=O)=O)c(C)c1. The molecule has 142 valence electrons. The lowest BCUT2D eigenvalue weighted by Gasteiger charge is -2.23. The predicted octanol–water partition coefficient (Wildman–Crippen LogP) is 3.20. The van der Waals surface area contributed by atoms with Gasteiger partial charge >= 0.3 is 0 Å². The summed E-state index contributed by atoms with van der Waals surface area (Å²) in [5.74, 6) is -0.00988. The van der Waals surface area contributed by atoms with E-state index in [9.17, 15) is 13.2 Å². The number of nitrogens with one attached hydrogen (secondary N) is 1. The Bertz CT molecular complexity index is 1020. The number of hydrogen-bond donors (Lipinski definition) is 1. The van der Waals surface area contributed by atoms with Crippen molar-refractivity contribution in [2.24, 2.45) is 5.92 Å². The fourth-order valence-electron chi connectivity index (χ4n) is 3.71. The average molecular weight is 407 g/mol. The molecule has 1 aliphatic heterocycles. The second-order valence-electron chi connectivity index (χ2n) is 6.94. The number of ether oxygens (including phenoxy) is 1. The molecule has 1 aliphatic carbocycles. The van der Waals surface area contributed by atoms with Crippen LogP contribution in [0.1, 0.15) is 12.0 Å². The summed E-state index contributed by atoms with van der Waals surface area (Å²) in [6.45, 7) is 2.14. The van der Waals surface area contributed by atoms with Gasteiger partial charge < -0.3 is 10.1 Å². The number of methoxy groups -OCH3 is 1. The first-order chi connectivity index (χ1) is 12.8. The van der Waals surface area contributed by atoms with E-state index in [0.29, 0.717) is 35.1 Å². The molecule has 2 aromatic carbocycles. The number of nitrogens with zero attached hydrogens (tertiary/aromatic N) is 1. The lowest BCUT2D eigenvalue weighted by Crippen LogP contribution is -2.42. The fraction of sp³-hybridized carbons (Fsp3) is 0.316. The molecule has 2 fully saturated rings. The van der Waals surface area contributed by atoms with Crippen molar-refractivity contribution < 1.29 is 17.9 Å². The molecule has 2 unspecified atom stereocenters. The minimum absolute atomic E-state index is 0.211. The van der Waals surface area contributed by atoms with E-state index in [0.717, 1.165) is 5.56 Å². The van der Waals surface area contributed by atoms with Crippen molar-refractivity contribution in [1.29, 1.82) is 0 Å². The van der Waals surface area contributed by atoms with Crippen LogP contribution in [0.15, 0.2) is 42.5 Å². The second-order valence-corrected chi connectivity index (χ2v) is 9.49. The van der Waals surface area contributed by atoms with Gasteiger partial charge in [-0.05, 0) is 61.4 Å². The van der Waals surface area contributed by atoms with Crippen LogP contribution in [0.5, 0.6) is 5.75 Å². The smallest absolute Gasteiger partial charge is 0.250 e. The third-order valence-corrected chi connectivity index (χ3v) is 8.16. The van der Waals surface area contributed by atoms with E-state index in [1.807, 2.05) is 6.92 Å². The second kappa shape index (κ2) is 6.14. The Hall–Kier alpha value is -2.25. The van der Waals surface area contributed by atoms with Crippen molar-refractivity contribution in [3.63, 3.8) is 0 Å². The molecular weight excluding hydrogens is 388 g/mol. The van der Waals surface area contributed by atoms with Crippen LogP contribution in [0.2, 0.25) is 5.02 Å². The van der Waals surface area contributed by atoms with Gasteiger partial charge in [-0.3, -0.25) is 9.10 Å². The third-order valence-electron chi connectivity index (χ3n) is 5.37. The van der Waals surface area contributed by atoms with Crippen molar-refractivity contribution in [2.75, 3.05) is 23.3 Å². The number of sulfonamides is 1. The molecule has 8 heteroatoms. The zero-order valence-corrected chi connectivity index (χ0v) is 16.5. The van der Waals surface area contributed by atoms with Crippen LogP contribution in [-0.2, 0) is 14.8 Å². The van der Waals surface area contributed by atoms with E-state index in [4.69, 9.17) is 16.3 Å². The van der Waals surface area contributed by atoms with Crippen molar-refractivity contribution in [3.8, 4) is 5.75 Å². The van der Waals surface area contributed by atoms with Crippen LogP contribution >= 0.6 is 11.6 Å². The highest BCUT2D eigenvalue weighted by Crippen LogP contribution is 2.58. The van der Waals surface area contributed by atoms with Crippen LogP contribution in [0.25, 0.3) is 0 Å². The third kappa shape index (κ3) is 2.68. The van der Waals surface area contributed by atoms with Gasteiger partial charge in [-0.1, -0.05) is 11.6 Å². The summed E-state index contributed by atoms with van der Waals surface area (Å²) < 4.78 is 31.4. The van der Waals surface area contributed by atoms with Gasteiger partial charge in [0.05, 0.1) is 12.8 Å². The largest absolute Gasteiger partial charge is 0.497 e.